The molecule has 3 heterocycles. The molecule has 0 radical (unpaired) electrons. The van der Waals surface area contributed by atoms with Gasteiger partial charge in [0.2, 0.25) is 0 Å². The molecule has 1 aliphatic rings. The van der Waals surface area contributed by atoms with Gasteiger partial charge < -0.3 is 24.6 Å². The van der Waals surface area contributed by atoms with Crippen molar-refractivity contribution in [1.82, 2.24) is 29.7 Å². The Labute approximate surface area is 204 Å². The van der Waals surface area contributed by atoms with Gasteiger partial charge in [-0.1, -0.05) is 13.0 Å². The van der Waals surface area contributed by atoms with Crippen LogP contribution in [0.5, 0.6) is 11.5 Å². The van der Waals surface area contributed by atoms with Crippen LogP contribution in [-0.4, -0.2) is 83.7 Å². The Bertz CT molecular complexity index is 1260. The van der Waals surface area contributed by atoms with E-state index in [1.807, 2.05) is 38.2 Å². The molecule has 10 heteroatoms. The number of amides is 2. The molecular formula is C25H30N6O4. The molecule has 1 N–H and O–H groups in total. The van der Waals surface area contributed by atoms with E-state index in [0.717, 1.165) is 24.3 Å². The van der Waals surface area contributed by atoms with Crippen molar-refractivity contribution >= 4 is 17.5 Å². The molecule has 1 aliphatic heterocycles. The van der Waals surface area contributed by atoms with Crippen molar-refractivity contribution in [2.75, 3.05) is 47.4 Å². The van der Waals surface area contributed by atoms with Gasteiger partial charge in [0.15, 0.2) is 22.8 Å². The lowest BCUT2D eigenvalue weighted by Gasteiger charge is -2.32. The number of benzene rings is 1. The smallest absolute Gasteiger partial charge is 0.276 e. The van der Waals surface area contributed by atoms with Crippen LogP contribution in [-0.2, 0) is 4.79 Å². The van der Waals surface area contributed by atoms with E-state index in [-0.39, 0.29) is 17.3 Å². The fraction of sp³-hybridized carbons (Fsp3) is 0.360. The highest BCUT2D eigenvalue weighted by Crippen LogP contribution is 2.32. The van der Waals surface area contributed by atoms with Crippen LogP contribution in [0.1, 0.15) is 23.8 Å². The molecule has 2 amide bonds. The zero-order valence-electron chi connectivity index (χ0n) is 20.4. The van der Waals surface area contributed by atoms with Crippen LogP contribution in [0.3, 0.4) is 0 Å². The van der Waals surface area contributed by atoms with Gasteiger partial charge in [0.05, 0.1) is 19.9 Å². The Morgan fingerprint density at radius 1 is 1.06 bits per heavy atom. The number of nitrogens with zero attached hydrogens (tertiary/aromatic N) is 5. The number of carbonyl (C=O) groups excluding carboxylic acids is 2. The summed E-state index contributed by atoms with van der Waals surface area (Å²) < 4.78 is 12.3. The number of likely N-dealkylation sites (N-methyl/N-ethyl adjacent to an activating group) is 1. The SMILES string of the molecule is CC/C=C(/NC(=O)c1cc2nccc(-c3ccc(OC)c(OC)c3)n2n1)C(=O)N1CCN(C)CC1. The van der Waals surface area contributed by atoms with Gasteiger partial charge in [-0.25, -0.2) is 9.50 Å². The molecule has 2 aromatic heterocycles. The maximum absolute atomic E-state index is 13.1. The van der Waals surface area contributed by atoms with E-state index in [9.17, 15) is 9.59 Å². The quantitative estimate of drug-likeness (QED) is 0.520. The highest BCUT2D eigenvalue weighted by Gasteiger charge is 2.24. The summed E-state index contributed by atoms with van der Waals surface area (Å²) in [5.41, 5.74) is 2.49. The van der Waals surface area contributed by atoms with Crippen LogP contribution in [0, 0.1) is 0 Å². The van der Waals surface area contributed by atoms with Crippen molar-refractivity contribution in [2.45, 2.75) is 13.3 Å². The van der Waals surface area contributed by atoms with Gasteiger partial charge in [0.25, 0.3) is 11.8 Å². The summed E-state index contributed by atoms with van der Waals surface area (Å²) in [6.45, 7) is 4.78. The number of rotatable bonds is 7. The molecule has 3 aromatic rings. The van der Waals surface area contributed by atoms with Gasteiger partial charge in [-0.15, -0.1) is 0 Å². The molecule has 0 unspecified atom stereocenters. The Morgan fingerprint density at radius 3 is 2.49 bits per heavy atom. The molecule has 0 atom stereocenters. The minimum atomic E-state index is -0.462. The van der Waals surface area contributed by atoms with Gasteiger partial charge >= 0.3 is 0 Å². The largest absolute Gasteiger partial charge is 0.493 e. The summed E-state index contributed by atoms with van der Waals surface area (Å²) in [6.07, 6.45) is 4.01. The Morgan fingerprint density at radius 2 is 1.80 bits per heavy atom. The molecule has 10 nitrogen and oxygen atoms in total. The van der Waals surface area contributed by atoms with Gasteiger partial charge in [0, 0.05) is 44.0 Å². The lowest BCUT2D eigenvalue weighted by Crippen LogP contribution is -2.49. The molecule has 0 aliphatic carbocycles. The third-order valence-electron chi connectivity index (χ3n) is 5.95. The van der Waals surface area contributed by atoms with Crippen molar-refractivity contribution in [3.8, 4) is 22.8 Å². The summed E-state index contributed by atoms with van der Waals surface area (Å²) in [5, 5.41) is 7.27. The maximum atomic E-state index is 13.1. The summed E-state index contributed by atoms with van der Waals surface area (Å²) in [7, 11) is 5.18. The fourth-order valence-electron chi connectivity index (χ4n) is 3.98. The highest BCUT2D eigenvalue weighted by atomic mass is 16.5. The van der Waals surface area contributed by atoms with E-state index >= 15 is 0 Å². The van der Waals surface area contributed by atoms with E-state index in [1.165, 1.54) is 0 Å². The molecule has 0 saturated carbocycles. The molecule has 1 saturated heterocycles. The van der Waals surface area contributed by atoms with E-state index in [0.29, 0.717) is 36.7 Å². The first-order valence-electron chi connectivity index (χ1n) is 11.5. The average molecular weight is 479 g/mol. The number of methoxy groups -OCH3 is 2. The van der Waals surface area contributed by atoms with Crippen LogP contribution >= 0.6 is 0 Å². The van der Waals surface area contributed by atoms with Crippen LogP contribution in [0.4, 0.5) is 0 Å². The summed E-state index contributed by atoms with van der Waals surface area (Å²) in [5.74, 6) is 0.552. The van der Waals surface area contributed by atoms with Crippen molar-refractivity contribution in [3.63, 3.8) is 0 Å². The zero-order chi connectivity index (χ0) is 24.9. The van der Waals surface area contributed by atoms with E-state index < -0.39 is 5.91 Å². The molecule has 0 spiro atoms. The maximum Gasteiger partial charge on any atom is 0.276 e. The van der Waals surface area contributed by atoms with Gasteiger partial charge in [-0.05, 0) is 37.7 Å². The monoisotopic (exact) mass is 478 g/mol. The second kappa shape index (κ2) is 10.6. The number of allylic oxidation sites excluding steroid dienone is 1. The molecule has 184 valence electrons. The zero-order valence-corrected chi connectivity index (χ0v) is 20.4. The first-order valence-corrected chi connectivity index (χ1v) is 11.5. The normalized spacial score (nSPS) is 14.7. The molecular weight excluding hydrogens is 448 g/mol. The first kappa shape index (κ1) is 24.2. The van der Waals surface area contributed by atoms with Crippen LogP contribution in [0.2, 0.25) is 0 Å². The Balaban J connectivity index is 1.60. The number of hydrogen-bond donors (Lipinski definition) is 1. The molecule has 4 rings (SSSR count). The second-order valence-electron chi connectivity index (χ2n) is 8.28. The number of fused-ring (bicyclic) bond motifs is 1. The third-order valence-corrected chi connectivity index (χ3v) is 5.95. The average Bonchev–Trinajstić information content (AvgIpc) is 3.33. The number of hydrogen-bond acceptors (Lipinski definition) is 7. The fourth-order valence-corrected chi connectivity index (χ4v) is 3.98. The van der Waals surface area contributed by atoms with Gasteiger partial charge in [-0.2, -0.15) is 5.10 Å². The van der Waals surface area contributed by atoms with E-state index in [1.54, 1.807) is 42.0 Å². The van der Waals surface area contributed by atoms with Crippen molar-refractivity contribution < 1.29 is 19.1 Å². The standard InChI is InChI=1S/C25H30N6O4/c1-5-6-18(25(33)30-13-11-29(2)12-14-30)27-24(32)19-16-23-26-10-9-20(31(23)28-19)17-7-8-21(34-3)22(15-17)35-4/h6-10,15-16H,5,11-14H2,1-4H3,(H,27,32)/b18-6+. The minimum Gasteiger partial charge on any atom is -0.493 e. The third kappa shape index (κ3) is 5.12. The molecule has 1 fully saturated rings. The number of carbonyl (C=O) groups is 2. The summed E-state index contributed by atoms with van der Waals surface area (Å²) in [4.78, 5) is 34.4. The number of piperazine rings is 1. The number of aromatic nitrogens is 3. The Kier molecular flexibility index (Phi) is 7.31. The summed E-state index contributed by atoms with van der Waals surface area (Å²) in [6, 6.07) is 8.94. The molecule has 0 bridgehead atoms. The first-order chi connectivity index (χ1) is 16.9. The lowest BCUT2D eigenvalue weighted by atomic mass is 10.1. The topological polar surface area (TPSA) is 101 Å². The van der Waals surface area contributed by atoms with Crippen molar-refractivity contribution in [3.05, 3.63) is 54.0 Å². The van der Waals surface area contributed by atoms with E-state index in [2.05, 4.69) is 20.3 Å². The van der Waals surface area contributed by atoms with Crippen molar-refractivity contribution in [2.24, 2.45) is 0 Å². The van der Waals surface area contributed by atoms with Crippen LogP contribution in [0.25, 0.3) is 16.9 Å². The second-order valence-corrected chi connectivity index (χ2v) is 8.28. The number of nitrogens with one attached hydrogen (secondary N) is 1. The molecule has 1 aromatic carbocycles. The highest BCUT2D eigenvalue weighted by molar-refractivity contribution is 6.02. The van der Waals surface area contributed by atoms with Crippen LogP contribution < -0.4 is 14.8 Å². The van der Waals surface area contributed by atoms with Crippen LogP contribution in [0.15, 0.2) is 48.3 Å². The summed E-state index contributed by atoms with van der Waals surface area (Å²) >= 11 is 0. The lowest BCUT2D eigenvalue weighted by molar-refractivity contribution is -0.129. The predicted molar refractivity (Wildman–Crippen MR) is 131 cm³/mol. The number of ether oxygens (including phenoxy) is 2. The van der Waals surface area contributed by atoms with Gasteiger partial charge in [-0.3, -0.25) is 9.59 Å². The van der Waals surface area contributed by atoms with Crippen molar-refractivity contribution in [1.29, 1.82) is 0 Å². The predicted octanol–water partition coefficient (Wildman–Crippen LogP) is 2.21. The van der Waals surface area contributed by atoms with E-state index in [4.69, 9.17) is 9.47 Å². The Hall–Kier alpha value is -3.92. The minimum absolute atomic E-state index is 0.165. The molecule has 35 heavy (non-hydrogen) atoms. The van der Waals surface area contributed by atoms with Gasteiger partial charge in [0.1, 0.15) is 5.70 Å².